The summed E-state index contributed by atoms with van der Waals surface area (Å²) in [5, 5.41) is 20.6. The van der Waals surface area contributed by atoms with Gasteiger partial charge in [-0.2, -0.15) is 0 Å². The lowest BCUT2D eigenvalue weighted by Crippen LogP contribution is -2.47. The van der Waals surface area contributed by atoms with Crippen molar-refractivity contribution in [3.8, 4) is 0 Å². The minimum absolute atomic E-state index is 0.259. The molecular weight excluding hydrogens is 224 g/mol. The number of hydrogen-bond acceptors (Lipinski definition) is 2. The molecule has 2 N–H and O–H groups in total. The Bertz CT molecular complexity index is 515. The number of hydrogen-bond donors (Lipinski definition) is 2. The predicted molar refractivity (Wildman–Crippen MR) is 71.0 cm³/mol. The van der Waals surface area contributed by atoms with Gasteiger partial charge in [-0.15, -0.1) is 0 Å². The Morgan fingerprint density at radius 1 is 0.889 bits per heavy atom. The molecule has 2 heteroatoms. The Kier molecular flexibility index (Phi) is 2.69. The summed E-state index contributed by atoms with van der Waals surface area (Å²) in [5.74, 6) is -0.259. The first-order valence-electron chi connectivity index (χ1n) is 6.21. The van der Waals surface area contributed by atoms with Crippen LogP contribution in [0.3, 0.4) is 0 Å². The second-order valence-corrected chi connectivity index (χ2v) is 4.91. The molecule has 0 saturated carbocycles. The first-order valence-corrected chi connectivity index (χ1v) is 6.21. The molecule has 92 valence electrons. The van der Waals surface area contributed by atoms with Crippen LogP contribution in [0.1, 0.15) is 5.56 Å². The van der Waals surface area contributed by atoms with Crippen molar-refractivity contribution in [3.63, 3.8) is 0 Å². The summed E-state index contributed by atoms with van der Waals surface area (Å²) in [5.41, 5.74) is 0.514. The zero-order valence-corrected chi connectivity index (χ0v) is 9.98. The third kappa shape index (κ3) is 1.57. The lowest BCUT2D eigenvalue weighted by molar-refractivity contribution is 0.0229. The van der Waals surface area contributed by atoms with Gasteiger partial charge in [0.15, 0.2) is 0 Å². The highest BCUT2D eigenvalue weighted by molar-refractivity contribution is 5.44. The second kappa shape index (κ2) is 4.23. The molecule has 2 aliphatic carbocycles. The number of aliphatic hydroxyl groups is 2. The molecule has 2 aliphatic rings. The molecule has 0 radical (unpaired) electrons. The number of benzene rings is 1. The van der Waals surface area contributed by atoms with Crippen molar-refractivity contribution in [2.45, 2.75) is 17.6 Å². The van der Waals surface area contributed by atoms with Crippen LogP contribution in [0.5, 0.6) is 0 Å². The minimum atomic E-state index is -0.644. The van der Waals surface area contributed by atoms with E-state index < -0.39 is 17.6 Å². The Morgan fingerprint density at radius 2 is 1.67 bits per heavy atom. The summed E-state index contributed by atoms with van der Waals surface area (Å²) in [7, 11) is 0. The maximum atomic E-state index is 10.6. The average Bonchev–Trinajstić information content (AvgIpc) is 2.51. The first-order chi connectivity index (χ1) is 8.74. The molecule has 4 atom stereocenters. The zero-order chi connectivity index (χ0) is 12.6. The van der Waals surface area contributed by atoms with Gasteiger partial charge in [-0.1, -0.05) is 66.8 Å². The van der Waals surface area contributed by atoms with Crippen molar-refractivity contribution in [2.75, 3.05) is 0 Å². The molecule has 2 nitrogen and oxygen atoms in total. The molecule has 2 bridgehead atoms. The Balaban J connectivity index is 2.17. The van der Waals surface area contributed by atoms with E-state index in [2.05, 4.69) is 0 Å². The number of fused-ring (bicyclic) bond motifs is 2. The molecule has 0 saturated heterocycles. The van der Waals surface area contributed by atoms with Gasteiger partial charge in [0.2, 0.25) is 0 Å². The second-order valence-electron chi connectivity index (χ2n) is 4.91. The standard InChI is InChI=1S/C16H16O2/c17-14-9-11-16(12-6-2-1-3-7-12)10-5-4-8-13(14)15(16)18/h1-11,13-15,17-18H/t13-,14+,15+,16+/m1/s1. The fourth-order valence-electron chi connectivity index (χ4n) is 2.86. The van der Waals surface area contributed by atoms with E-state index in [1.807, 2.05) is 60.7 Å². The summed E-state index contributed by atoms with van der Waals surface area (Å²) >= 11 is 0. The predicted octanol–water partition coefficient (Wildman–Crippen LogP) is 1.96. The summed E-state index contributed by atoms with van der Waals surface area (Å²) in [6.45, 7) is 0. The van der Waals surface area contributed by atoms with Crippen LogP contribution in [0.25, 0.3) is 0 Å². The lowest BCUT2D eigenvalue weighted by Gasteiger charge is -2.40. The van der Waals surface area contributed by atoms with E-state index in [0.717, 1.165) is 5.56 Å². The summed E-state index contributed by atoms with van der Waals surface area (Å²) in [4.78, 5) is 0. The Hall–Kier alpha value is -1.64. The van der Waals surface area contributed by atoms with E-state index in [4.69, 9.17) is 0 Å². The summed E-state index contributed by atoms with van der Waals surface area (Å²) < 4.78 is 0. The molecular formula is C16H16O2. The molecule has 0 aromatic heterocycles. The first kappa shape index (κ1) is 11.5. The minimum Gasteiger partial charge on any atom is -0.391 e. The maximum Gasteiger partial charge on any atom is 0.0809 e. The van der Waals surface area contributed by atoms with Crippen LogP contribution in [0.4, 0.5) is 0 Å². The van der Waals surface area contributed by atoms with Gasteiger partial charge >= 0.3 is 0 Å². The van der Waals surface area contributed by atoms with E-state index in [-0.39, 0.29) is 5.92 Å². The van der Waals surface area contributed by atoms with E-state index >= 15 is 0 Å². The third-order valence-electron chi connectivity index (χ3n) is 3.91. The van der Waals surface area contributed by atoms with Gasteiger partial charge in [-0.3, -0.25) is 0 Å². The SMILES string of the molecule is O[C@H]1C=C[C@]2(c3ccccc3)C=CC=C[C@H]1[C@@H]2O. The summed E-state index contributed by atoms with van der Waals surface area (Å²) in [6, 6.07) is 9.92. The Labute approximate surface area is 107 Å². The number of rotatable bonds is 1. The van der Waals surface area contributed by atoms with Crippen LogP contribution in [0, 0.1) is 5.92 Å². The van der Waals surface area contributed by atoms with Gasteiger partial charge in [0.05, 0.1) is 17.6 Å². The van der Waals surface area contributed by atoms with E-state index in [1.165, 1.54) is 0 Å². The molecule has 0 fully saturated rings. The van der Waals surface area contributed by atoms with Gasteiger partial charge < -0.3 is 10.2 Å². The van der Waals surface area contributed by atoms with Gasteiger partial charge in [0.1, 0.15) is 0 Å². The van der Waals surface area contributed by atoms with E-state index in [0.29, 0.717) is 0 Å². The average molecular weight is 240 g/mol. The zero-order valence-electron chi connectivity index (χ0n) is 9.98. The largest absolute Gasteiger partial charge is 0.391 e. The molecule has 1 aromatic rings. The van der Waals surface area contributed by atoms with Crippen molar-refractivity contribution in [2.24, 2.45) is 5.92 Å². The van der Waals surface area contributed by atoms with Crippen LogP contribution < -0.4 is 0 Å². The molecule has 0 aliphatic heterocycles. The van der Waals surface area contributed by atoms with Crippen LogP contribution in [-0.4, -0.2) is 22.4 Å². The highest BCUT2D eigenvalue weighted by Gasteiger charge is 2.44. The van der Waals surface area contributed by atoms with Crippen molar-refractivity contribution >= 4 is 0 Å². The number of allylic oxidation sites excluding steroid dienone is 2. The smallest absolute Gasteiger partial charge is 0.0809 e. The van der Waals surface area contributed by atoms with Crippen LogP contribution in [-0.2, 0) is 5.41 Å². The van der Waals surface area contributed by atoms with Crippen molar-refractivity contribution < 1.29 is 10.2 Å². The lowest BCUT2D eigenvalue weighted by atomic mass is 9.67. The topological polar surface area (TPSA) is 40.5 Å². The van der Waals surface area contributed by atoms with Crippen LogP contribution in [0.2, 0.25) is 0 Å². The van der Waals surface area contributed by atoms with Gasteiger partial charge in [0, 0.05) is 5.92 Å². The fraction of sp³-hybridized carbons (Fsp3) is 0.250. The van der Waals surface area contributed by atoms with Crippen molar-refractivity contribution in [3.05, 3.63) is 72.4 Å². The molecule has 3 rings (SSSR count). The van der Waals surface area contributed by atoms with E-state index in [1.54, 1.807) is 6.08 Å². The molecule has 1 aromatic carbocycles. The van der Waals surface area contributed by atoms with Crippen LogP contribution >= 0.6 is 0 Å². The molecule has 18 heavy (non-hydrogen) atoms. The fourth-order valence-corrected chi connectivity index (χ4v) is 2.86. The number of aliphatic hydroxyl groups excluding tert-OH is 2. The van der Waals surface area contributed by atoms with Crippen molar-refractivity contribution in [1.82, 2.24) is 0 Å². The van der Waals surface area contributed by atoms with Gasteiger partial charge in [0.25, 0.3) is 0 Å². The molecule has 0 spiro atoms. The van der Waals surface area contributed by atoms with Crippen molar-refractivity contribution in [1.29, 1.82) is 0 Å². The maximum absolute atomic E-state index is 10.6. The monoisotopic (exact) mass is 240 g/mol. The van der Waals surface area contributed by atoms with Crippen LogP contribution in [0.15, 0.2) is 66.8 Å². The normalized spacial score (nSPS) is 37.6. The van der Waals surface area contributed by atoms with Gasteiger partial charge in [-0.25, -0.2) is 0 Å². The molecule has 0 heterocycles. The molecule has 0 unspecified atom stereocenters. The highest BCUT2D eigenvalue weighted by atomic mass is 16.3. The molecule has 0 amide bonds. The third-order valence-corrected chi connectivity index (χ3v) is 3.91. The Morgan fingerprint density at radius 3 is 2.44 bits per heavy atom. The highest BCUT2D eigenvalue weighted by Crippen LogP contribution is 2.41. The summed E-state index contributed by atoms with van der Waals surface area (Å²) in [6.07, 6.45) is 10.2. The quantitative estimate of drug-likeness (QED) is 0.737. The van der Waals surface area contributed by atoms with E-state index in [9.17, 15) is 10.2 Å². The van der Waals surface area contributed by atoms with Gasteiger partial charge in [-0.05, 0) is 5.56 Å².